The van der Waals surface area contributed by atoms with Crippen molar-refractivity contribution in [2.75, 3.05) is 5.73 Å². The van der Waals surface area contributed by atoms with Gasteiger partial charge in [-0.05, 0) is 37.1 Å². The van der Waals surface area contributed by atoms with E-state index in [0.717, 1.165) is 32.1 Å². The van der Waals surface area contributed by atoms with E-state index in [9.17, 15) is 8.42 Å². The molecule has 0 saturated heterocycles. The highest BCUT2D eigenvalue weighted by atomic mass is 32.2. The fraction of sp³-hybridized carbons (Fsp3) is 0.571. The molecule has 0 bridgehead atoms. The van der Waals surface area contributed by atoms with Crippen LogP contribution in [0.25, 0.3) is 0 Å². The van der Waals surface area contributed by atoms with E-state index in [2.05, 4.69) is 18.6 Å². The summed E-state index contributed by atoms with van der Waals surface area (Å²) in [6.45, 7) is 4.17. The minimum absolute atomic E-state index is 0.0208. The molecule has 1 aromatic carbocycles. The van der Waals surface area contributed by atoms with Gasteiger partial charge in [-0.15, -0.1) is 0 Å². The van der Waals surface area contributed by atoms with Crippen LogP contribution in [0.3, 0.4) is 0 Å². The molecule has 0 radical (unpaired) electrons. The summed E-state index contributed by atoms with van der Waals surface area (Å²) < 4.78 is 27.3. The highest BCUT2D eigenvalue weighted by Gasteiger charge is 2.19. The summed E-state index contributed by atoms with van der Waals surface area (Å²) >= 11 is 0. The molecule has 3 N–H and O–H groups in total. The average molecular weight is 284 g/mol. The first-order valence-electron chi connectivity index (χ1n) is 6.87. The third kappa shape index (κ3) is 5.20. The van der Waals surface area contributed by atoms with E-state index in [1.807, 2.05) is 0 Å². The smallest absolute Gasteiger partial charge is 0.240 e. The molecule has 0 spiro atoms. The van der Waals surface area contributed by atoms with Gasteiger partial charge in [0, 0.05) is 11.7 Å². The molecule has 1 aromatic rings. The number of benzene rings is 1. The Labute approximate surface area is 116 Å². The molecule has 1 unspecified atom stereocenters. The van der Waals surface area contributed by atoms with E-state index in [0.29, 0.717) is 5.69 Å². The molecule has 19 heavy (non-hydrogen) atoms. The number of nitrogen functional groups attached to an aromatic ring is 1. The first-order chi connectivity index (χ1) is 8.99. The third-order valence-electron chi connectivity index (χ3n) is 3.06. The van der Waals surface area contributed by atoms with Gasteiger partial charge in [-0.25, -0.2) is 13.1 Å². The van der Waals surface area contributed by atoms with E-state index < -0.39 is 10.0 Å². The van der Waals surface area contributed by atoms with Gasteiger partial charge in [0.05, 0.1) is 4.90 Å². The zero-order valence-electron chi connectivity index (χ0n) is 11.7. The molecule has 5 heteroatoms. The lowest BCUT2D eigenvalue weighted by Gasteiger charge is -2.18. The average Bonchev–Trinajstić information content (AvgIpc) is 2.36. The van der Waals surface area contributed by atoms with Crippen LogP contribution in [0.1, 0.15) is 46.0 Å². The Morgan fingerprint density at radius 3 is 2.26 bits per heavy atom. The van der Waals surface area contributed by atoms with Gasteiger partial charge in [0.25, 0.3) is 0 Å². The molecule has 108 valence electrons. The highest BCUT2D eigenvalue weighted by molar-refractivity contribution is 7.89. The maximum Gasteiger partial charge on any atom is 0.240 e. The van der Waals surface area contributed by atoms with Crippen molar-refractivity contribution in [2.24, 2.45) is 0 Å². The number of hydrogen-bond acceptors (Lipinski definition) is 3. The number of anilines is 1. The Kier molecular flexibility index (Phi) is 6.31. The largest absolute Gasteiger partial charge is 0.399 e. The van der Waals surface area contributed by atoms with Crippen LogP contribution in [0.4, 0.5) is 5.69 Å². The van der Waals surface area contributed by atoms with Crippen molar-refractivity contribution in [2.45, 2.75) is 56.9 Å². The molecule has 0 aliphatic carbocycles. The van der Waals surface area contributed by atoms with Crippen molar-refractivity contribution >= 4 is 15.7 Å². The van der Waals surface area contributed by atoms with Gasteiger partial charge in [0.15, 0.2) is 0 Å². The minimum atomic E-state index is -3.43. The monoisotopic (exact) mass is 284 g/mol. The summed E-state index contributed by atoms with van der Waals surface area (Å²) in [6.07, 6.45) is 4.84. The van der Waals surface area contributed by atoms with E-state index in [1.165, 1.54) is 0 Å². The second-order valence-corrected chi connectivity index (χ2v) is 6.53. The van der Waals surface area contributed by atoms with Gasteiger partial charge in [-0.2, -0.15) is 0 Å². The van der Waals surface area contributed by atoms with Crippen molar-refractivity contribution in [3.05, 3.63) is 24.3 Å². The van der Waals surface area contributed by atoms with Crippen molar-refractivity contribution < 1.29 is 8.42 Å². The van der Waals surface area contributed by atoms with E-state index in [4.69, 9.17) is 5.73 Å². The summed E-state index contributed by atoms with van der Waals surface area (Å²) in [5.74, 6) is 0. The fourth-order valence-electron chi connectivity index (χ4n) is 2.00. The molecular weight excluding hydrogens is 260 g/mol. The maximum atomic E-state index is 12.2. The number of unbranched alkanes of at least 4 members (excludes halogenated alkanes) is 1. The quantitative estimate of drug-likeness (QED) is 0.721. The van der Waals surface area contributed by atoms with Crippen LogP contribution in [0, 0.1) is 0 Å². The van der Waals surface area contributed by atoms with Gasteiger partial charge in [-0.3, -0.25) is 0 Å². The lowest BCUT2D eigenvalue weighted by Crippen LogP contribution is -2.34. The van der Waals surface area contributed by atoms with Gasteiger partial charge in [0.2, 0.25) is 10.0 Å². The van der Waals surface area contributed by atoms with Crippen molar-refractivity contribution in [1.82, 2.24) is 4.72 Å². The first kappa shape index (κ1) is 16.0. The van der Waals surface area contributed by atoms with Crippen molar-refractivity contribution in [3.63, 3.8) is 0 Å². The van der Waals surface area contributed by atoms with E-state index in [1.54, 1.807) is 24.3 Å². The Morgan fingerprint density at radius 1 is 1.11 bits per heavy atom. The van der Waals surface area contributed by atoms with Crippen LogP contribution >= 0.6 is 0 Å². The molecule has 0 aliphatic rings. The van der Waals surface area contributed by atoms with Crippen LogP contribution < -0.4 is 10.5 Å². The van der Waals surface area contributed by atoms with Gasteiger partial charge in [0.1, 0.15) is 0 Å². The predicted octanol–water partition coefficient (Wildman–Crippen LogP) is 2.91. The SMILES string of the molecule is CCCCC(CCC)NS(=O)(=O)c1ccc(N)cc1. The third-order valence-corrected chi connectivity index (χ3v) is 4.59. The molecule has 0 amide bonds. The molecule has 0 heterocycles. The number of sulfonamides is 1. The van der Waals surface area contributed by atoms with E-state index >= 15 is 0 Å². The molecule has 0 saturated carbocycles. The summed E-state index contributed by atoms with van der Waals surface area (Å²) in [6, 6.07) is 6.32. The Morgan fingerprint density at radius 2 is 1.74 bits per heavy atom. The van der Waals surface area contributed by atoms with Crippen molar-refractivity contribution in [1.29, 1.82) is 0 Å². The van der Waals surface area contributed by atoms with Crippen molar-refractivity contribution in [3.8, 4) is 0 Å². The zero-order chi connectivity index (χ0) is 14.3. The topological polar surface area (TPSA) is 72.2 Å². The normalized spacial score (nSPS) is 13.4. The zero-order valence-corrected chi connectivity index (χ0v) is 12.5. The fourth-order valence-corrected chi connectivity index (χ4v) is 3.30. The minimum Gasteiger partial charge on any atom is -0.399 e. The Balaban J connectivity index is 2.78. The van der Waals surface area contributed by atoms with Crippen LogP contribution in [-0.2, 0) is 10.0 Å². The van der Waals surface area contributed by atoms with Gasteiger partial charge in [-0.1, -0.05) is 33.1 Å². The molecule has 0 aliphatic heterocycles. The molecule has 4 nitrogen and oxygen atoms in total. The molecule has 1 atom stereocenters. The number of rotatable bonds is 8. The Hall–Kier alpha value is -1.07. The summed E-state index contributed by atoms with van der Waals surface area (Å²) in [5.41, 5.74) is 6.13. The maximum absolute atomic E-state index is 12.2. The van der Waals surface area contributed by atoms with Gasteiger partial charge < -0.3 is 5.73 Å². The molecular formula is C14H24N2O2S. The number of nitrogens with two attached hydrogens (primary N) is 1. The van der Waals surface area contributed by atoms with Crippen LogP contribution in [-0.4, -0.2) is 14.5 Å². The molecule has 1 rings (SSSR count). The highest BCUT2D eigenvalue weighted by Crippen LogP contribution is 2.15. The second-order valence-electron chi connectivity index (χ2n) is 4.82. The first-order valence-corrected chi connectivity index (χ1v) is 8.35. The van der Waals surface area contributed by atoms with Crippen LogP contribution in [0.15, 0.2) is 29.2 Å². The summed E-state index contributed by atoms with van der Waals surface area (Å²) in [4.78, 5) is 0.277. The van der Waals surface area contributed by atoms with E-state index in [-0.39, 0.29) is 10.9 Å². The van der Waals surface area contributed by atoms with Gasteiger partial charge >= 0.3 is 0 Å². The molecule has 0 fully saturated rings. The standard InChI is InChI=1S/C14H24N2O2S/c1-3-5-7-13(6-4-2)16-19(17,18)14-10-8-12(15)9-11-14/h8-11,13,16H,3-7,15H2,1-2H3. The predicted molar refractivity (Wildman–Crippen MR) is 79.4 cm³/mol. The second kappa shape index (κ2) is 7.50. The molecule has 0 aromatic heterocycles. The lowest BCUT2D eigenvalue weighted by atomic mass is 10.1. The van der Waals surface area contributed by atoms with Crippen LogP contribution in [0.5, 0.6) is 0 Å². The summed E-state index contributed by atoms with van der Waals surface area (Å²) in [7, 11) is -3.43. The number of nitrogens with one attached hydrogen (secondary N) is 1. The summed E-state index contributed by atoms with van der Waals surface area (Å²) in [5, 5.41) is 0. The number of hydrogen-bond donors (Lipinski definition) is 2. The lowest BCUT2D eigenvalue weighted by molar-refractivity contribution is 0.483. The Bertz CT molecular complexity index is 469. The van der Waals surface area contributed by atoms with Crippen LogP contribution in [0.2, 0.25) is 0 Å².